The quantitative estimate of drug-likeness (QED) is 0.247. The first-order chi connectivity index (χ1) is 11.4. The maximum Gasteiger partial charge on any atom is 0.111 e. The second-order valence-electron chi connectivity index (χ2n) is 6.18. The second kappa shape index (κ2) is 8.81. The van der Waals surface area contributed by atoms with Gasteiger partial charge < -0.3 is 50.0 Å². The first-order valence-electron chi connectivity index (χ1n) is 7.87. The Bertz CT molecular complexity index is 379. The van der Waals surface area contributed by atoms with Gasteiger partial charge in [-0.25, -0.2) is 0 Å². The Morgan fingerprint density at radius 2 is 1.38 bits per heavy atom. The van der Waals surface area contributed by atoms with Gasteiger partial charge in [0.1, 0.15) is 36.6 Å². The van der Waals surface area contributed by atoms with Crippen LogP contribution < -0.4 is 0 Å². The molecule has 9 atom stereocenters. The van der Waals surface area contributed by atoms with E-state index in [4.69, 9.17) is 19.3 Å². The van der Waals surface area contributed by atoms with Crippen molar-refractivity contribution in [1.82, 2.24) is 0 Å². The molecule has 0 spiro atoms. The zero-order chi connectivity index (χ0) is 17.9. The molecule has 142 valence electrons. The highest BCUT2D eigenvalue weighted by atomic mass is 16.6. The predicted molar refractivity (Wildman–Crippen MR) is 76.9 cm³/mol. The third kappa shape index (κ3) is 4.22. The van der Waals surface area contributed by atoms with Crippen molar-refractivity contribution in [1.29, 1.82) is 0 Å². The maximum absolute atomic E-state index is 9.98. The first-order valence-corrected chi connectivity index (χ1v) is 7.87. The fourth-order valence-electron chi connectivity index (χ4n) is 2.98. The van der Waals surface area contributed by atoms with Crippen LogP contribution in [0.25, 0.3) is 0 Å². The molecule has 2 heterocycles. The first kappa shape index (κ1) is 19.9. The normalized spacial score (nSPS) is 46.9. The zero-order valence-corrected chi connectivity index (χ0v) is 13.1. The molecule has 0 amide bonds. The average molecular weight is 354 g/mol. The number of rotatable bonds is 6. The third-order valence-corrected chi connectivity index (χ3v) is 4.56. The summed E-state index contributed by atoms with van der Waals surface area (Å²) in [4.78, 5) is 0. The summed E-state index contributed by atoms with van der Waals surface area (Å²) in [5, 5.41) is 67.3. The van der Waals surface area contributed by atoms with Gasteiger partial charge in [0.25, 0.3) is 0 Å². The molecule has 2 rings (SSSR count). The minimum atomic E-state index is -1.49. The van der Waals surface area contributed by atoms with Gasteiger partial charge in [-0.15, -0.1) is 0 Å². The van der Waals surface area contributed by atoms with Crippen LogP contribution in [-0.2, 0) is 14.2 Å². The molecule has 0 aromatic carbocycles. The van der Waals surface area contributed by atoms with E-state index in [-0.39, 0.29) is 26.4 Å². The number of ether oxygens (including phenoxy) is 3. The molecule has 0 bridgehead atoms. The van der Waals surface area contributed by atoms with E-state index in [1.165, 1.54) is 0 Å². The standard InChI is InChI=1S/C14H26O10/c15-1-8-6(11(18)7(17)4-23-8)3-22-5-10-13(20)14(21)12(19)9(2-16)24-10/h6-21H,1-5H2/t6-,7?,8?,9?,10-,11-,12-,13?,14-/m0/s1. The van der Waals surface area contributed by atoms with E-state index in [0.717, 1.165) is 0 Å². The van der Waals surface area contributed by atoms with Crippen molar-refractivity contribution in [3.63, 3.8) is 0 Å². The highest BCUT2D eigenvalue weighted by Crippen LogP contribution is 2.24. The summed E-state index contributed by atoms with van der Waals surface area (Å²) < 4.78 is 15.9. The number of aliphatic hydroxyl groups is 7. The molecule has 10 heteroatoms. The summed E-state index contributed by atoms with van der Waals surface area (Å²) in [6, 6.07) is 0. The van der Waals surface area contributed by atoms with Crippen LogP contribution in [0.1, 0.15) is 0 Å². The van der Waals surface area contributed by atoms with Gasteiger partial charge in [0.2, 0.25) is 0 Å². The smallest absolute Gasteiger partial charge is 0.111 e. The fraction of sp³-hybridized carbons (Fsp3) is 1.00. The van der Waals surface area contributed by atoms with Crippen molar-refractivity contribution < 1.29 is 50.0 Å². The lowest BCUT2D eigenvalue weighted by atomic mass is 9.90. The van der Waals surface area contributed by atoms with Crippen molar-refractivity contribution in [2.24, 2.45) is 5.92 Å². The van der Waals surface area contributed by atoms with Gasteiger partial charge in [-0.3, -0.25) is 0 Å². The van der Waals surface area contributed by atoms with E-state index < -0.39 is 61.4 Å². The van der Waals surface area contributed by atoms with Crippen molar-refractivity contribution in [2.75, 3.05) is 33.0 Å². The average Bonchev–Trinajstić information content (AvgIpc) is 2.58. The second-order valence-corrected chi connectivity index (χ2v) is 6.18. The van der Waals surface area contributed by atoms with Gasteiger partial charge in [-0.05, 0) is 0 Å². The molecule has 0 saturated carbocycles. The molecule has 0 aromatic rings. The molecule has 0 aromatic heterocycles. The third-order valence-electron chi connectivity index (χ3n) is 4.56. The minimum Gasteiger partial charge on any atom is -0.394 e. The van der Waals surface area contributed by atoms with E-state index in [2.05, 4.69) is 0 Å². The molecular formula is C14H26O10. The van der Waals surface area contributed by atoms with E-state index in [0.29, 0.717) is 0 Å². The summed E-state index contributed by atoms with van der Waals surface area (Å²) in [5.41, 5.74) is 0. The molecule has 2 saturated heterocycles. The Balaban J connectivity index is 1.88. The largest absolute Gasteiger partial charge is 0.394 e. The molecule has 2 aliphatic rings. The molecule has 0 aliphatic carbocycles. The number of hydrogen-bond donors (Lipinski definition) is 7. The van der Waals surface area contributed by atoms with Crippen LogP contribution in [0.2, 0.25) is 0 Å². The van der Waals surface area contributed by atoms with Gasteiger partial charge in [-0.2, -0.15) is 0 Å². The lowest BCUT2D eigenvalue weighted by Gasteiger charge is -2.40. The van der Waals surface area contributed by atoms with Gasteiger partial charge in [0, 0.05) is 5.92 Å². The topological polar surface area (TPSA) is 169 Å². The lowest BCUT2D eigenvalue weighted by molar-refractivity contribution is -0.242. The summed E-state index contributed by atoms with van der Waals surface area (Å²) >= 11 is 0. The van der Waals surface area contributed by atoms with Crippen molar-refractivity contribution in [3.8, 4) is 0 Å². The van der Waals surface area contributed by atoms with E-state index in [9.17, 15) is 30.6 Å². The van der Waals surface area contributed by atoms with Crippen molar-refractivity contribution in [2.45, 2.75) is 48.8 Å². The Morgan fingerprint density at radius 3 is 2.00 bits per heavy atom. The predicted octanol–water partition coefficient (Wildman–Crippen LogP) is -4.43. The molecule has 24 heavy (non-hydrogen) atoms. The van der Waals surface area contributed by atoms with Crippen LogP contribution in [0.5, 0.6) is 0 Å². The number of hydrogen-bond acceptors (Lipinski definition) is 10. The van der Waals surface area contributed by atoms with E-state index in [1.807, 2.05) is 0 Å². The molecule has 0 radical (unpaired) electrons. The van der Waals surface area contributed by atoms with Crippen molar-refractivity contribution >= 4 is 0 Å². The van der Waals surface area contributed by atoms with Crippen LogP contribution in [0.3, 0.4) is 0 Å². The molecule has 7 N–H and O–H groups in total. The summed E-state index contributed by atoms with van der Waals surface area (Å²) in [6.45, 7) is -1.24. The van der Waals surface area contributed by atoms with Gasteiger partial charge in [0.05, 0.1) is 45.2 Å². The monoisotopic (exact) mass is 354 g/mol. The van der Waals surface area contributed by atoms with E-state index in [1.54, 1.807) is 0 Å². The Kier molecular flexibility index (Phi) is 7.31. The summed E-state index contributed by atoms with van der Waals surface area (Å²) in [5.74, 6) is -0.677. The van der Waals surface area contributed by atoms with Crippen LogP contribution in [0.4, 0.5) is 0 Å². The molecule has 2 aliphatic heterocycles. The molecule has 2 fully saturated rings. The lowest BCUT2D eigenvalue weighted by Crippen LogP contribution is -2.59. The number of aliphatic hydroxyl groups excluding tert-OH is 7. The summed E-state index contributed by atoms with van der Waals surface area (Å²) in [6.07, 6.45) is -9.26. The highest BCUT2D eigenvalue weighted by Gasteiger charge is 2.44. The van der Waals surface area contributed by atoms with Gasteiger partial charge >= 0.3 is 0 Å². The fourth-order valence-corrected chi connectivity index (χ4v) is 2.98. The van der Waals surface area contributed by atoms with Crippen LogP contribution in [0, 0.1) is 5.92 Å². The SMILES string of the molecule is OCC1O[C@@H](COC[C@H]2C(CO)OCC(O)[C@H]2O)C(O)[C@@H](O)[C@H]1O. The molecule has 4 unspecified atom stereocenters. The van der Waals surface area contributed by atoms with Crippen LogP contribution in [-0.4, -0.2) is 118 Å². The van der Waals surface area contributed by atoms with Gasteiger partial charge in [0.15, 0.2) is 0 Å². The molecule has 10 nitrogen and oxygen atoms in total. The highest BCUT2D eigenvalue weighted by molar-refractivity contribution is 4.92. The Labute approximate surface area is 138 Å². The minimum absolute atomic E-state index is 0.0848. The van der Waals surface area contributed by atoms with Crippen LogP contribution >= 0.6 is 0 Å². The van der Waals surface area contributed by atoms with Crippen LogP contribution in [0.15, 0.2) is 0 Å². The van der Waals surface area contributed by atoms with Gasteiger partial charge in [-0.1, -0.05) is 0 Å². The molecular weight excluding hydrogens is 328 g/mol. The van der Waals surface area contributed by atoms with E-state index >= 15 is 0 Å². The summed E-state index contributed by atoms with van der Waals surface area (Å²) in [7, 11) is 0. The van der Waals surface area contributed by atoms with Crippen molar-refractivity contribution in [3.05, 3.63) is 0 Å². The Morgan fingerprint density at radius 1 is 0.750 bits per heavy atom. The zero-order valence-electron chi connectivity index (χ0n) is 13.1. The Hall–Kier alpha value is -0.400. The maximum atomic E-state index is 9.98.